The topological polar surface area (TPSA) is 92.6 Å². The summed E-state index contributed by atoms with van der Waals surface area (Å²) in [4.78, 5) is 11.9. The van der Waals surface area contributed by atoms with Crippen molar-refractivity contribution in [3.63, 3.8) is 0 Å². The third-order valence-corrected chi connectivity index (χ3v) is 1.22. The van der Waals surface area contributed by atoms with Crippen LogP contribution >= 0.6 is 0 Å². The Balaban J connectivity index is 3.85. The van der Waals surface area contributed by atoms with Crippen LogP contribution in [0.4, 0.5) is 0 Å². The predicted molar refractivity (Wildman–Crippen MR) is 46.4 cm³/mol. The number of carboxylic acids is 1. The van der Waals surface area contributed by atoms with Crippen molar-refractivity contribution in [2.45, 2.75) is 6.17 Å². The Bertz CT molecular complexity index is 159. The Kier molecular flexibility index (Phi) is 5.27. The number of nitrogens with zero attached hydrogens (tertiary/aromatic N) is 1. The molecule has 12 heavy (non-hydrogen) atoms. The number of hydrogen-bond acceptors (Lipinski definition) is 4. The largest absolute Gasteiger partial charge is 0.480 e. The first-order valence-corrected chi connectivity index (χ1v) is 3.62. The van der Waals surface area contributed by atoms with Gasteiger partial charge in [0.05, 0.1) is 12.7 Å². The van der Waals surface area contributed by atoms with Crippen LogP contribution in [0.1, 0.15) is 0 Å². The summed E-state index contributed by atoms with van der Waals surface area (Å²) in [5, 5.41) is 8.47. The van der Waals surface area contributed by atoms with Crippen molar-refractivity contribution >= 4 is 5.97 Å². The van der Waals surface area contributed by atoms with Crippen LogP contribution in [-0.2, 0) is 4.79 Å². The van der Waals surface area contributed by atoms with Gasteiger partial charge in [-0.25, -0.2) is 0 Å². The van der Waals surface area contributed by atoms with Crippen molar-refractivity contribution in [3.05, 3.63) is 12.7 Å². The molecule has 0 aromatic heterocycles. The van der Waals surface area contributed by atoms with Crippen LogP contribution in [0.2, 0.25) is 0 Å². The summed E-state index contributed by atoms with van der Waals surface area (Å²) in [7, 11) is 0. The van der Waals surface area contributed by atoms with Gasteiger partial charge in [0.15, 0.2) is 0 Å². The second kappa shape index (κ2) is 5.70. The second-order valence-corrected chi connectivity index (χ2v) is 2.54. The molecule has 0 fully saturated rings. The maximum absolute atomic E-state index is 10.3. The Morgan fingerprint density at radius 2 is 2.25 bits per heavy atom. The summed E-state index contributed by atoms with van der Waals surface area (Å²) < 4.78 is 0. The molecule has 0 atom stereocenters. The van der Waals surface area contributed by atoms with Gasteiger partial charge in [-0.1, -0.05) is 6.08 Å². The van der Waals surface area contributed by atoms with Crippen LogP contribution in [0.3, 0.4) is 0 Å². The first-order chi connectivity index (χ1) is 5.56. The molecular weight excluding hydrogens is 158 g/mol. The molecule has 70 valence electrons. The zero-order chi connectivity index (χ0) is 9.56. The molecule has 0 radical (unpaired) electrons. The Morgan fingerprint density at radius 1 is 1.67 bits per heavy atom. The fourth-order valence-electron chi connectivity index (χ4n) is 0.876. The zero-order valence-electron chi connectivity index (χ0n) is 6.94. The van der Waals surface area contributed by atoms with Crippen molar-refractivity contribution in [1.82, 2.24) is 4.90 Å². The molecule has 0 saturated carbocycles. The van der Waals surface area contributed by atoms with Gasteiger partial charge in [-0.2, -0.15) is 0 Å². The lowest BCUT2D eigenvalue weighted by molar-refractivity contribution is -0.138. The predicted octanol–water partition coefficient (Wildman–Crippen LogP) is -1.20. The van der Waals surface area contributed by atoms with E-state index < -0.39 is 12.1 Å². The van der Waals surface area contributed by atoms with E-state index in [1.54, 1.807) is 11.0 Å². The molecule has 5 nitrogen and oxygen atoms in total. The van der Waals surface area contributed by atoms with E-state index in [2.05, 4.69) is 6.58 Å². The average molecular weight is 173 g/mol. The smallest absolute Gasteiger partial charge is 0.317 e. The molecular formula is C7H15N3O2. The molecule has 0 aliphatic heterocycles. The van der Waals surface area contributed by atoms with Crippen LogP contribution in [0, 0.1) is 0 Å². The highest BCUT2D eigenvalue weighted by Gasteiger charge is 2.09. The van der Waals surface area contributed by atoms with Crippen molar-refractivity contribution in [2.24, 2.45) is 11.5 Å². The van der Waals surface area contributed by atoms with Crippen LogP contribution in [-0.4, -0.2) is 41.8 Å². The molecule has 0 aliphatic carbocycles. The number of nitrogens with two attached hydrogens (primary N) is 2. The molecule has 0 saturated heterocycles. The van der Waals surface area contributed by atoms with E-state index in [1.165, 1.54) is 0 Å². The van der Waals surface area contributed by atoms with Gasteiger partial charge in [-0.15, -0.1) is 6.58 Å². The normalized spacial score (nSPS) is 10.7. The van der Waals surface area contributed by atoms with Crippen LogP contribution in [0.5, 0.6) is 0 Å². The van der Waals surface area contributed by atoms with Crippen LogP contribution in [0.15, 0.2) is 12.7 Å². The molecule has 0 spiro atoms. The van der Waals surface area contributed by atoms with Crippen molar-refractivity contribution in [3.8, 4) is 0 Å². The lowest BCUT2D eigenvalue weighted by atomic mass is 10.4. The molecule has 0 unspecified atom stereocenters. The summed E-state index contributed by atoms with van der Waals surface area (Å²) in [6.45, 7) is 4.28. The summed E-state index contributed by atoms with van der Waals surface area (Å²) in [5.41, 5.74) is 10.6. The fourth-order valence-corrected chi connectivity index (χ4v) is 0.876. The Labute approximate surface area is 71.6 Å². The summed E-state index contributed by atoms with van der Waals surface area (Å²) >= 11 is 0. The molecule has 0 bridgehead atoms. The molecule has 0 rings (SSSR count). The second-order valence-electron chi connectivity index (χ2n) is 2.54. The van der Waals surface area contributed by atoms with E-state index in [9.17, 15) is 4.79 Å². The highest BCUT2D eigenvalue weighted by atomic mass is 16.4. The highest BCUT2D eigenvalue weighted by molar-refractivity contribution is 5.69. The van der Waals surface area contributed by atoms with E-state index >= 15 is 0 Å². The van der Waals surface area contributed by atoms with Crippen molar-refractivity contribution in [1.29, 1.82) is 0 Å². The van der Waals surface area contributed by atoms with E-state index in [0.29, 0.717) is 13.1 Å². The van der Waals surface area contributed by atoms with Gasteiger partial charge >= 0.3 is 5.97 Å². The lowest BCUT2D eigenvalue weighted by Crippen LogP contribution is -2.45. The standard InChI is InChI=1S/C7H15N3O2/c1-2-3-10(4-6(8)9)5-7(11)12/h2,6H,1,3-5,8-9H2,(H,11,12). The number of rotatable bonds is 6. The van der Waals surface area contributed by atoms with Crippen LogP contribution in [0.25, 0.3) is 0 Å². The Morgan fingerprint density at radius 3 is 2.58 bits per heavy atom. The summed E-state index contributed by atoms with van der Waals surface area (Å²) in [6, 6.07) is 0. The minimum Gasteiger partial charge on any atom is -0.480 e. The molecule has 5 N–H and O–H groups in total. The molecule has 5 heteroatoms. The number of carboxylic acid groups (broad SMARTS) is 1. The van der Waals surface area contributed by atoms with E-state index in [4.69, 9.17) is 16.6 Å². The quantitative estimate of drug-likeness (QED) is 0.346. The number of aliphatic carboxylic acids is 1. The first kappa shape index (κ1) is 11.1. The fraction of sp³-hybridized carbons (Fsp3) is 0.571. The molecule has 0 amide bonds. The zero-order valence-corrected chi connectivity index (χ0v) is 6.94. The maximum atomic E-state index is 10.3. The molecule has 0 aromatic carbocycles. The van der Waals surface area contributed by atoms with E-state index in [0.717, 1.165) is 0 Å². The third-order valence-electron chi connectivity index (χ3n) is 1.22. The van der Waals surface area contributed by atoms with Gasteiger partial charge in [0, 0.05) is 13.1 Å². The Hall–Kier alpha value is -0.910. The maximum Gasteiger partial charge on any atom is 0.317 e. The first-order valence-electron chi connectivity index (χ1n) is 3.62. The third kappa shape index (κ3) is 5.84. The molecule has 0 heterocycles. The highest BCUT2D eigenvalue weighted by Crippen LogP contribution is 1.88. The monoisotopic (exact) mass is 173 g/mol. The number of carbonyl (C=O) groups is 1. The lowest BCUT2D eigenvalue weighted by Gasteiger charge is -2.19. The van der Waals surface area contributed by atoms with Gasteiger partial charge in [-0.3, -0.25) is 9.69 Å². The van der Waals surface area contributed by atoms with Crippen molar-refractivity contribution in [2.75, 3.05) is 19.6 Å². The minimum atomic E-state index is -0.891. The average Bonchev–Trinajstić information content (AvgIpc) is 1.84. The van der Waals surface area contributed by atoms with Gasteiger partial charge in [0.1, 0.15) is 0 Å². The van der Waals surface area contributed by atoms with Gasteiger partial charge < -0.3 is 16.6 Å². The SMILES string of the molecule is C=CCN(CC(=O)O)CC(N)N. The molecule has 0 aromatic rings. The van der Waals surface area contributed by atoms with Gasteiger partial charge in [0.2, 0.25) is 0 Å². The van der Waals surface area contributed by atoms with Crippen molar-refractivity contribution < 1.29 is 9.90 Å². The van der Waals surface area contributed by atoms with Gasteiger partial charge in [0.25, 0.3) is 0 Å². The van der Waals surface area contributed by atoms with Gasteiger partial charge in [-0.05, 0) is 0 Å². The summed E-state index contributed by atoms with van der Waals surface area (Å²) in [5.74, 6) is -0.891. The van der Waals surface area contributed by atoms with E-state index in [1.807, 2.05) is 0 Å². The summed E-state index contributed by atoms with van der Waals surface area (Å²) in [6.07, 6.45) is 1.11. The minimum absolute atomic E-state index is 0.0586. The van der Waals surface area contributed by atoms with Crippen LogP contribution < -0.4 is 11.5 Å². The van der Waals surface area contributed by atoms with E-state index in [-0.39, 0.29) is 6.54 Å². The number of hydrogen-bond donors (Lipinski definition) is 3. The molecule has 0 aliphatic rings.